The summed E-state index contributed by atoms with van der Waals surface area (Å²) in [5, 5.41) is 8.86. The summed E-state index contributed by atoms with van der Waals surface area (Å²) in [5.74, 6) is 0. The SMILES string of the molecule is C[C@]1(n2ccc(=O)[nH]c2=O)CO[C@@H](CO)O1. The van der Waals surface area contributed by atoms with Crippen molar-refractivity contribution in [2.24, 2.45) is 0 Å². The van der Waals surface area contributed by atoms with Crippen molar-refractivity contribution in [2.45, 2.75) is 18.9 Å². The molecule has 1 aliphatic heterocycles. The number of ether oxygens (including phenoxy) is 2. The summed E-state index contributed by atoms with van der Waals surface area (Å²) in [5.41, 5.74) is -2.05. The second kappa shape index (κ2) is 3.85. The van der Waals surface area contributed by atoms with Crippen molar-refractivity contribution in [3.05, 3.63) is 33.1 Å². The summed E-state index contributed by atoms with van der Waals surface area (Å²) in [4.78, 5) is 24.6. The number of aromatic amines is 1. The van der Waals surface area contributed by atoms with Crippen LogP contribution in [0.3, 0.4) is 0 Å². The van der Waals surface area contributed by atoms with Crippen LogP contribution < -0.4 is 11.2 Å². The summed E-state index contributed by atoms with van der Waals surface area (Å²) >= 11 is 0. The molecule has 0 aromatic carbocycles. The molecule has 0 amide bonds. The molecule has 1 aliphatic rings. The van der Waals surface area contributed by atoms with E-state index in [-0.39, 0.29) is 13.2 Å². The largest absolute Gasteiger partial charge is 0.391 e. The minimum Gasteiger partial charge on any atom is -0.391 e. The van der Waals surface area contributed by atoms with Gasteiger partial charge in [-0.15, -0.1) is 0 Å². The Kier molecular flexibility index (Phi) is 2.66. The number of aromatic nitrogens is 2. The average molecular weight is 228 g/mol. The lowest BCUT2D eigenvalue weighted by atomic mass is 10.3. The standard InChI is InChI=1S/C9H12N2O5/c1-9(5-15-7(4-12)16-9)11-3-2-6(13)10-8(11)14/h2-3,7,12H,4-5H2,1H3,(H,10,13,14)/t7-,9-/m1/s1. The third-order valence-corrected chi connectivity index (χ3v) is 2.40. The molecule has 16 heavy (non-hydrogen) atoms. The fourth-order valence-electron chi connectivity index (χ4n) is 1.60. The second-order valence-corrected chi connectivity index (χ2v) is 3.70. The van der Waals surface area contributed by atoms with Crippen LogP contribution >= 0.6 is 0 Å². The van der Waals surface area contributed by atoms with Gasteiger partial charge in [-0.2, -0.15) is 0 Å². The molecule has 88 valence electrons. The Morgan fingerprint density at radius 1 is 1.69 bits per heavy atom. The molecular formula is C9H12N2O5. The zero-order valence-corrected chi connectivity index (χ0v) is 8.67. The highest BCUT2D eigenvalue weighted by atomic mass is 16.7. The molecule has 0 unspecified atom stereocenters. The zero-order valence-electron chi connectivity index (χ0n) is 8.67. The number of aliphatic hydroxyl groups is 1. The molecule has 0 spiro atoms. The maximum atomic E-state index is 11.5. The van der Waals surface area contributed by atoms with Gasteiger partial charge in [0.05, 0.1) is 13.2 Å². The van der Waals surface area contributed by atoms with E-state index in [2.05, 4.69) is 4.98 Å². The zero-order chi connectivity index (χ0) is 11.8. The first-order valence-corrected chi connectivity index (χ1v) is 4.78. The van der Waals surface area contributed by atoms with Gasteiger partial charge in [0, 0.05) is 12.3 Å². The molecule has 1 aromatic heterocycles. The Labute approximate surface area is 90.2 Å². The van der Waals surface area contributed by atoms with Crippen LogP contribution in [0.4, 0.5) is 0 Å². The van der Waals surface area contributed by atoms with E-state index in [1.54, 1.807) is 6.92 Å². The molecule has 0 radical (unpaired) electrons. The van der Waals surface area contributed by atoms with Crippen molar-refractivity contribution in [2.75, 3.05) is 13.2 Å². The first kappa shape index (κ1) is 11.1. The quantitative estimate of drug-likeness (QED) is 0.647. The number of hydrogen-bond donors (Lipinski definition) is 2. The molecule has 1 fully saturated rings. The van der Waals surface area contributed by atoms with E-state index in [1.807, 2.05) is 0 Å². The minimum absolute atomic E-state index is 0.129. The molecule has 2 N–H and O–H groups in total. The van der Waals surface area contributed by atoms with Crippen molar-refractivity contribution >= 4 is 0 Å². The molecule has 2 atom stereocenters. The van der Waals surface area contributed by atoms with E-state index in [4.69, 9.17) is 14.6 Å². The summed E-state index contributed by atoms with van der Waals surface area (Å²) in [7, 11) is 0. The van der Waals surface area contributed by atoms with Gasteiger partial charge in [0.25, 0.3) is 5.56 Å². The van der Waals surface area contributed by atoms with Crippen molar-refractivity contribution in [1.82, 2.24) is 9.55 Å². The fraction of sp³-hybridized carbons (Fsp3) is 0.556. The predicted molar refractivity (Wildman–Crippen MR) is 52.9 cm³/mol. The molecule has 7 heteroatoms. The molecule has 2 rings (SSSR count). The summed E-state index contributed by atoms with van der Waals surface area (Å²) in [6.07, 6.45) is 0.591. The molecule has 0 saturated carbocycles. The van der Waals surface area contributed by atoms with Crippen molar-refractivity contribution in [3.63, 3.8) is 0 Å². The average Bonchev–Trinajstić information content (AvgIpc) is 2.61. The van der Waals surface area contributed by atoms with Crippen LogP contribution in [0, 0.1) is 0 Å². The normalized spacial score (nSPS) is 29.5. The highest BCUT2D eigenvalue weighted by Gasteiger charge is 2.39. The molecule has 7 nitrogen and oxygen atoms in total. The van der Waals surface area contributed by atoms with Gasteiger partial charge in [-0.3, -0.25) is 14.3 Å². The van der Waals surface area contributed by atoms with Crippen LogP contribution in [0.5, 0.6) is 0 Å². The van der Waals surface area contributed by atoms with Crippen LogP contribution in [0.1, 0.15) is 6.92 Å². The first-order chi connectivity index (χ1) is 7.55. The van der Waals surface area contributed by atoms with Gasteiger partial charge < -0.3 is 14.6 Å². The third-order valence-electron chi connectivity index (χ3n) is 2.40. The van der Waals surface area contributed by atoms with Crippen LogP contribution in [-0.4, -0.2) is 34.2 Å². The van der Waals surface area contributed by atoms with Crippen LogP contribution in [0.15, 0.2) is 21.9 Å². The van der Waals surface area contributed by atoms with Gasteiger partial charge in [0.15, 0.2) is 12.0 Å². The number of rotatable bonds is 2. The monoisotopic (exact) mass is 228 g/mol. The Hall–Kier alpha value is -1.44. The number of nitrogens with one attached hydrogen (secondary N) is 1. The molecule has 1 aromatic rings. The number of nitrogens with zero attached hydrogens (tertiary/aromatic N) is 1. The maximum absolute atomic E-state index is 11.5. The Morgan fingerprint density at radius 2 is 2.44 bits per heavy atom. The summed E-state index contributed by atoms with van der Waals surface area (Å²) < 4.78 is 11.7. The summed E-state index contributed by atoms with van der Waals surface area (Å²) in [6.45, 7) is 1.49. The maximum Gasteiger partial charge on any atom is 0.330 e. The molecule has 0 bridgehead atoms. The van der Waals surface area contributed by atoms with Gasteiger partial charge in [-0.25, -0.2) is 4.79 Å². The topological polar surface area (TPSA) is 93.6 Å². The van der Waals surface area contributed by atoms with Gasteiger partial charge in [0.1, 0.15) is 0 Å². The molecular weight excluding hydrogens is 216 g/mol. The van der Waals surface area contributed by atoms with E-state index < -0.39 is 23.3 Å². The first-order valence-electron chi connectivity index (χ1n) is 4.78. The van der Waals surface area contributed by atoms with E-state index in [0.717, 1.165) is 0 Å². The van der Waals surface area contributed by atoms with Crippen LogP contribution in [0.25, 0.3) is 0 Å². The lowest BCUT2D eigenvalue weighted by Gasteiger charge is -2.24. The van der Waals surface area contributed by atoms with Crippen molar-refractivity contribution in [1.29, 1.82) is 0 Å². The fourth-order valence-corrected chi connectivity index (χ4v) is 1.60. The lowest BCUT2D eigenvalue weighted by Crippen LogP contribution is -2.43. The van der Waals surface area contributed by atoms with E-state index in [1.165, 1.54) is 16.8 Å². The molecule has 1 saturated heterocycles. The number of aliphatic hydroxyl groups excluding tert-OH is 1. The lowest BCUT2D eigenvalue weighted by molar-refractivity contribution is -0.134. The van der Waals surface area contributed by atoms with Gasteiger partial charge >= 0.3 is 5.69 Å². The van der Waals surface area contributed by atoms with E-state index in [9.17, 15) is 9.59 Å². The highest BCUT2D eigenvalue weighted by Crippen LogP contribution is 2.25. The highest BCUT2D eigenvalue weighted by molar-refractivity contribution is 4.89. The van der Waals surface area contributed by atoms with Gasteiger partial charge in [0.2, 0.25) is 0 Å². The van der Waals surface area contributed by atoms with Crippen LogP contribution in [0.2, 0.25) is 0 Å². The van der Waals surface area contributed by atoms with Crippen molar-refractivity contribution < 1.29 is 14.6 Å². The molecule has 2 heterocycles. The van der Waals surface area contributed by atoms with E-state index in [0.29, 0.717) is 0 Å². The smallest absolute Gasteiger partial charge is 0.330 e. The van der Waals surface area contributed by atoms with E-state index >= 15 is 0 Å². The van der Waals surface area contributed by atoms with Crippen LogP contribution in [-0.2, 0) is 15.2 Å². The Morgan fingerprint density at radius 3 is 3.00 bits per heavy atom. The number of hydrogen-bond acceptors (Lipinski definition) is 5. The van der Waals surface area contributed by atoms with Gasteiger partial charge in [-0.05, 0) is 6.92 Å². The van der Waals surface area contributed by atoms with Crippen molar-refractivity contribution in [3.8, 4) is 0 Å². The minimum atomic E-state index is -1.01. The Balaban J connectivity index is 2.37. The Bertz CT molecular complexity index is 493. The summed E-state index contributed by atoms with van der Waals surface area (Å²) in [6, 6.07) is 1.22. The molecule has 0 aliphatic carbocycles. The number of H-pyrrole nitrogens is 1. The second-order valence-electron chi connectivity index (χ2n) is 3.70. The van der Waals surface area contributed by atoms with Gasteiger partial charge in [-0.1, -0.05) is 0 Å². The third kappa shape index (κ3) is 1.80. The predicted octanol–water partition coefficient (Wildman–Crippen LogP) is -1.43.